The van der Waals surface area contributed by atoms with Gasteiger partial charge in [0.15, 0.2) is 0 Å². The van der Waals surface area contributed by atoms with Crippen molar-refractivity contribution in [3.8, 4) is 0 Å². The van der Waals surface area contributed by atoms with Gasteiger partial charge in [-0.1, -0.05) is 0 Å². The predicted octanol–water partition coefficient (Wildman–Crippen LogP) is 0.785. The van der Waals surface area contributed by atoms with E-state index >= 15 is 0 Å². The van der Waals surface area contributed by atoms with Gasteiger partial charge in [-0.15, -0.1) is 11.3 Å². The Kier molecular flexibility index (Phi) is 3.93. The minimum absolute atomic E-state index is 0.0969. The number of carboxylic acid groups (broad SMARTS) is 1. The monoisotopic (exact) mass is 304 g/mol. The van der Waals surface area contributed by atoms with Crippen molar-refractivity contribution < 1.29 is 18.3 Å². The van der Waals surface area contributed by atoms with Crippen LogP contribution in [0.15, 0.2) is 5.38 Å². The fraction of sp³-hybridized carbons (Fsp3) is 0.636. The summed E-state index contributed by atoms with van der Waals surface area (Å²) in [6.45, 7) is 2.04. The van der Waals surface area contributed by atoms with Gasteiger partial charge in [-0.2, -0.15) is 0 Å². The Balaban J connectivity index is 1.83. The van der Waals surface area contributed by atoms with E-state index in [-0.39, 0.29) is 6.42 Å². The summed E-state index contributed by atoms with van der Waals surface area (Å²) in [5.41, 5.74) is 0.518. The standard InChI is InChI=1S/C11H16N2O4S2/c1-11(3-4-11)19(16,17)12-5-2-9-13-8(7-18-9)6-10(14)15/h7,12H,2-6H2,1H3,(H,14,15). The van der Waals surface area contributed by atoms with Crippen LogP contribution >= 0.6 is 11.3 Å². The van der Waals surface area contributed by atoms with E-state index < -0.39 is 20.7 Å². The first-order valence-electron chi connectivity index (χ1n) is 5.97. The topological polar surface area (TPSA) is 96.4 Å². The Bertz CT molecular complexity index is 575. The zero-order chi connectivity index (χ0) is 14.1. The molecule has 0 aliphatic heterocycles. The molecule has 1 aromatic rings. The molecular formula is C11H16N2O4S2. The molecule has 0 atom stereocenters. The van der Waals surface area contributed by atoms with Gasteiger partial charge >= 0.3 is 5.97 Å². The Morgan fingerprint density at radius 2 is 2.26 bits per heavy atom. The molecule has 19 heavy (non-hydrogen) atoms. The van der Waals surface area contributed by atoms with Gasteiger partial charge in [-0.05, 0) is 19.8 Å². The third-order valence-electron chi connectivity index (χ3n) is 3.17. The lowest BCUT2D eigenvalue weighted by Crippen LogP contribution is -2.35. The molecule has 1 aromatic heterocycles. The summed E-state index contributed by atoms with van der Waals surface area (Å²) in [5, 5.41) is 11.1. The van der Waals surface area contributed by atoms with Crippen LogP contribution in [0, 0.1) is 0 Å². The number of carbonyl (C=O) groups is 1. The van der Waals surface area contributed by atoms with Crippen LogP contribution in [-0.2, 0) is 27.7 Å². The van der Waals surface area contributed by atoms with Crippen LogP contribution in [-0.4, -0.2) is 35.8 Å². The first-order valence-corrected chi connectivity index (χ1v) is 8.33. The molecule has 8 heteroatoms. The molecule has 0 saturated heterocycles. The van der Waals surface area contributed by atoms with Gasteiger partial charge < -0.3 is 5.11 Å². The second-order valence-corrected chi connectivity index (χ2v) is 8.12. The summed E-state index contributed by atoms with van der Waals surface area (Å²) < 4.78 is 25.7. The zero-order valence-corrected chi connectivity index (χ0v) is 12.2. The highest BCUT2D eigenvalue weighted by Crippen LogP contribution is 2.42. The number of aromatic nitrogens is 1. The van der Waals surface area contributed by atoms with Gasteiger partial charge in [0.25, 0.3) is 0 Å². The predicted molar refractivity (Wildman–Crippen MR) is 71.7 cm³/mol. The molecule has 2 N–H and O–H groups in total. The first kappa shape index (κ1) is 14.4. The van der Waals surface area contributed by atoms with E-state index in [1.807, 2.05) is 0 Å². The van der Waals surface area contributed by atoms with E-state index in [1.165, 1.54) is 11.3 Å². The van der Waals surface area contributed by atoms with Crippen molar-refractivity contribution >= 4 is 27.3 Å². The van der Waals surface area contributed by atoms with Gasteiger partial charge in [-0.25, -0.2) is 18.1 Å². The molecule has 0 radical (unpaired) electrons. The number of nitrogens with one attached hydrogen (secondary N) is 1. The van der Waals surface area contributed by atoms with Gasteiger partial charge in [0.05, 0.1) is 21.9 Å². The Morgan fingerprint density at radius 3 is 2.84 bits per heavy atom. The highest BCUT2D eigenvalue weighted by molar-refractivity contribution is 7.91. The van der Waals surface area contributed by atoms with Crippen molar-refractivity contribution in [1.82, 2.24) is 9.71 Å². The summed E-state index contributed by atoms with van der Waals surface area (Å²) in [7, 11) is -3.24. The van der Waals surface area contributed by atoms with Gasteiger partial charge in [-0.3, -0.25) is 4.79 Å². The van der Waals surface area contributed by atoms with Crippen LogP contribution in [0.4, 0.5) is 0 Å². The molecular weight excluding hydrogens is 288 g/mol. The highest BCUT2D eigenvalue weighted by atomic mass is 32.2. The molecule has 6 nitrogen and oxygen atoms in total. The third-order valence-corrected chi connectivity index (χ3v) is 6.41. The van der Waals surface area contributed by atoms with Crippen molar-refractivity contribution in [3.63, 3.8) is 0 Å². The van der Waals surface area contributed by atoms with Crippen LogP contribution in [0.2, 0.25) is 0 Å². The molecule has 1 saturated carbocycles. The minimum Gasteiger partial charge on any atom is -0.481 e. The number of rotatable bonds is 7. The second-order valence-electron chi connectivity index (χ2n) is 4.90. The van der Waals surface area contributed by atoms with Crippen molar-refractivity contribution in [2.75, 3.05) is 6.54 Å². The van der Waals surface area contributed by atoms with Gasteiger partial charge in [0.2, 0.25) is 10.0 Å². The average molecular weight is 304 g/mol. The number of nitrogens with zero attached hydrogens (tertiary/aromatic N) is 1. The molecule has 0 aromatic carbocycles. The maximum absolute atomic E-state index is 11.8. The minimum atomic E-state index is -3.24. The molecule has 1 heterocycles. The van der Waals surface area contributed by atoms with Crippen molar-refractivity contribution in [2.45, 2.75) is 37.4 Å². The largest absolute Gasteiger partial charge is 0.481 e. The van der Waals surface area contributed by atoms with E-state index in [9.17, 15) is 13.2 Å². The highest BCUT2D eigenvalue weighted by Gasteiger charge is 2.49. The molecule has 1 fully saturated rings. The van der Waals surface area contributed by atoms with E-state index in [4.69, 9.17) is 5.11 Å². The van der Waals surface area contributed by atoms with E-state index in [1.54, 1.807) is 12.3 Å². The zero-order valence-electron chi connectivity index (χ0n) is 10.5. The number of aliphatic carboxylic acids is 1. The van der Waals surface area contributed by atoms with Crippen molar-refractivity contribution in [1.29, 1.82) is 0 Å². The molecule has 1 aliphatic rings. The van der Waals surface area contributed by atoms with Crippen LogP contribution < -0.4 is 4.72 Å². The number of hydrogen-bond donors (Lipinski definition) is 2. The molecule has 0 spiro atoms. The fourth-order valence-corrected chi connectivity index (χ4v) is 3.77. The summed E-state index contributed by atoms with van der Waals surface area (Å²) in [6.07, 6.45) is 1.81. The van der Waals surface area contributed by atoms with E-state index in [0.717, 1.165) is 5.01 Å². The van der Waals surface area contributed by atoms with Crippen LogP contribution in [0.25, 0.3) is 0 Å². The molecule has 0 bridgehead atoms. The SMILES string of the molecule is CC1(S(=O)(=O)NCCc2nc(CC(=O)O)cs2)CC1. The lowest BCUT2D eigenvalue weighted by molar-refractivity contribution is -0.136. The van der Waals surface area contributed by atoms with Crippen molar-refractivity contribution in [2.24, 2.45) is 0 Å². The first-order chi connectivity index (χ1) is 8.82. The number of hydrogen-bond acceptors (Lipinski definition) is 5. The normalized spacial score (nSPS) is 17.3. The van der Waals surface area contributed by atoms with Crippen LogP contribution in [0.5, 0.6) is 0 Å². The van der Waals surface area contributed by atoms with Gasteiger partial charge in [0.1, 0.15) is 0 Å². The Labute approximate surface area is 115 Å². The second kappa shape index (κ2) is 5.18. The maximum atomic E-state index is 11.8. The number of thiazole rings is 1. The summed E-state index contributed by atoms with van der Waals surface area (Å²) in [5.74, 6) is -0.917. The molecule has 0 amide bonds. The van der Waals surface area contributed by atoms with Crippen molar-refractivity contribution in [3.05, 3.63) is 16.1 Å². The van der Waals surface area contributed by atoms with E-state index in [2.05, 4.69) is 9.71 Å². The van der Waals surface area contributed by atoms with E-state index in [0.29, 0.717) is 31.5 Å². The maximum Gasteiger partial charge on any atom is 0.309 e. The van der Waals surface area contributed by atoms with Crippen LogP contribution in [0.3, 0.4) is 0 Å². The number of sulfonamides is 1. The molecule has 106 valence electrons. The van der Waals surface area contributed by atoms with Gasteiger partial charge in [0, 0.05) is 18.3 Å². The lowest BCUT2D eigenvalue weighted by atomic mass is 10.3. The lowest BCUT2D eigenvalue weighted by Gasteiger charge is -2.10. The average Bonchev–Trinajstić information content (AvgIpc) is 2.90. The Morgan fingerprint density at radius 1 is 1.58 bits per heavy atom. The molecule has 2 rings (SSSR count). The smallest absolute Gasteiger partial charge is 0.309 e. The summed E-state index contributed by atoms with van der Waals surface area (Å²) >= 11 is 1.36. The molecule has 1 aliphatic carbocycles. The summed E-state index contributed by atoms with van der Waals surface area (Å²) in [6, 6.07) is 0. The molecule has 0 unspecified atom stereocenters. The van der Waals surface area contributed by atoms with Crippen LogP contribution in [0.1, 0.15) is 30.5 Å². The quantitative estimate of drug-likeness (QED) is 0.776. The Hall–Kier alpha value is -0.990. The fourth-order valence-electron chi connectivity index (χ4n) is 1.61. The number of carboxylic acids is 1. The third kappa shape index (κ3) is 3.52. The summed E-state index contributed by atoms with van der Waals surface area (Å²) in [4.78, 5) is 14.7.